The van der Waals surface area contributed by atoms with Crippen LogP contribution in [0.2, 0.25) is 0 Å². The van der Waals surface area contributed by atoms with Crippen LogP contribution >= 0.6 is 44.9 Å². The Bertz CT molecular complexity index is 77.0. The summed E-state index contributed by atoms with van der Waals surface area (Å²) in [5.41, 5.74) is 0. The number of hydrogen-bond donors (Lipinski definition) is 0. The summed E-state index contributed by atoms with van der Waals surface area (Å²) in [5.74, 6) is -0.0856. The van der Waals surface area contributed by atoms with Crippen molar-refractivity contribution in [3.8, 4) is 0 Å². The van der Waals surface area contributed by atoms with Gasteiger partial charge in [-0.15, -0.1) is 44.9 Å². The largest absolute Gasteiger partial charge is 0.133 e. The molecule has 0 aromatic carbocycles. The van der Waals surface area contributed by atoms with Crippen molar-refractivity contribution < 1.29 is 2.74 Å². The van der Waals surface area contributed by atoms with E-state index in [9.17, 15) is 0 Å². The lowest BCUT2D eigenvalue weighted by molar-refractivity contribution is 1.94. The van der Waals surface area contributed by atoms with E-state index in [2.05, 4.69) is 27.7 Å². The third kappa shape index (κ3) is 6.27. The predicted molar refractivity (Wildman–Crippen MR) is 59.3 cm³/mol. The fourth-order valence-electron chi connectivity index (χ4n) is 0.255. The van der Waals surface area contributed by atoms with Crippen LogP contribution in [0.25, 0.3) is 0 Å². The van der Waals surface area contributed by atoms with E-state index in [0.717, 1.165) is 0 Å². The Kier molecular flexibility index (Phi) is 6.20. The molecular weight excluding hydrogens is 191 g/mol. The second-order valence-electron chi connectivity index (χ2n) is 1.14. The summed E-state index contributed by atoms with van der Waals surface area (Å²) in [5, 5.41) is 0.472. The maximum Gasteiger partial charge on any atom is 0.0358 e. The van der Waals surface area contributed by atoms with Crippen LogP contribution in [0.3, 0.4) is 0 Å². The summed E-state index contributed by atoms with van der Waals surface area (Å²) in [6.07, 6.45) is 0. The van der Waals surface area contributed by atoms with Crippen molar-refractivity contribution in [2.45, 2.75) is 5.14 Å². The van der Waals surface area contributed by atoms with Crippen molar-refractivity contribution >= 4 is 44.9 Å². The molecule has 0 spiro atoms. The first-order chi connectivity index (χ1) is 4.52. The lowest BCUT2D eigenvalue weighted by Gasteiger charge is -2.06. The van der Waals surface area contributed by atoms with Crippen molar-refractivity contribution in [3.63, 3.8) is 0 Å². The van der Waals surface area contributed by atoms with Gasteiger partial charge in [0.25, 0.3) is 0 Å². The van der Waals surface area contributed by atoms with Gasteiger partial charge in [0, 0.05) is 7.88 Å². The van der Waals surface area contributed by atoms with Crippen molar-refractivity contribution in [1.82, 2.24) is 0 Å². The molecule has 0 aromatic heterocycles. The number of rotatable bonds is 4. The second kappa shape index (κ2) is 7.26. The van der Waals surface area contributed by atoms with E-state index in [1.165, 1.54) is 0 Å². The van der Waals surface area contributed by atoms with E-state index in [-0.39, 0.29) is 11.8 Å². The van der Waals surface area contributed by atoms with Gasteiger partial charge in [-0.1, -0.05) is 0 Å². The minimum Gasteiger partial charge on any atom is -0.133 e. The molecule has 0 saturated carbocycles. The zero-order valence-electron chi connectivity index (χ0n) is 6.46. The van der Waals surface area contributed by atoms with Crippen LogP contribution in [0.4, 0.5) is 0 Å². The van der Waals surface area contributed by atoms with E-state index >= 15 is 0 Å². The highest BCUT2D eigenvalue weighted by Crippen LogP contribution is 2.40. The summed E-state index contributed by atoms with van der Waals surface area (Å²) < 4.78 is 14.5. The zero-order valence-corrected chi connectivity index (χ0v) is 9.93. The van der Waals surface area contributed by atoms with Crippen molar-refractivity contribution in [2.75, 3.05) is 11.8 Å². The van der Waals surface area contributed by atoms with E-state index in [1.807, 2.05) is 0 Å². The Labute approximate surface area is 65.1 Å². The van der Waals surface area contributed by atoms with E-state index < -0.39 is 0 Å². The standard InChI is InChI=1S/C3H13P5/c4-1-7-3(6)8-2-5/h3,7-8H,1-2,4-6H2/i1T,2T. The predicted octanol–water partition coefficient (Wildman–Crippen LogP) is 2.17. The highest BCUT2D eigenvalue weighted by atomic mass is 31.2. The third-order valence-electron chi connectivity index (χ3n) is 0.552. The first-order valence-corrected chi connectivity index (χ1v) is 6.46. The molecule has 0 rings (SSSR count). The Hall–Kier alpha value is 2.15. The monoisotopic (exact) mass is 208 g/mol. The summed E-state index contributed by atoms with van der Waals surface area (Å²) in [7, 11) is 8.89. The van der Waals surface area contributed by atoms with E-state index in [1.54, 1.807) is 0 Å². The molecule has 0 aliphatic heterocycles. The molecule has 8 heavy (non-hydrogen) atoms. The highest BCUT2D eigenvalue weighted by molar-refractivity contribution is 7.73. The van der Waals surface area contributed by atoms with Gasteiger partial charge in [0.1, 0.15) is 0 Å². The molecule has 0 heterocycles. The molecule has 0 radical (unpaired) electrons. The van der Waals surface area contributed by atoms with Gasteiger partial charge in [-0.2, -0.15) is 0 Å². The molecule has 0 saturated heterocycles. The van der Waals surface area contributed by atoms with E-state index in [0.29, 0.717) is 22.3 Å². The fourth-order valence-corrected chi connectivity index (χ4v) is 6.03. The second-order valence-corrected chi connectivity index (χ2v) is 8.30. The van der Waals surface area contributed by atoms with Crippen molar-refractivity contribution in [1.29, 1.82) is 0 Å². The number of hydrogen-bond acceptors (Lipinski definition) is 0. The van der Waals surface area contributed by atoms with Gasteiger partial charge in [-0.25, -0.2) is 0 Å². The minimum absolute atomic E-state index is 0.0428. The molecule has 0 nitrogen and oxygen atoms in total. The van der Waals surface area contributed by atoms with Gasteiger partial charge in [0.2, 0.25) is 0 Å². The molecule has 5 heteroatoms. The SMILES string of the molecule is [3H]C(P)PC(P)PC([3H])P. The van der Waals surface area contributed by atoms with Gasteiger partial charge in [-0.3, -0.25) is 0 Å². The first kappa shape index (κ1) is 6.84. The Morgan fingerprint density at radius 2 is 1.75 bits per heavy atom. The van der Waals surface area contributed by atoms with E-state index in [4.69, 9.17) is 2.74 Å². The quantitative estimate of drug-likeness (QED) is 0.621. The zero-order chi connectivity index (χ0) is 8.15. The van der Waals surface area contributed by atoms with Crippen LogP contribution in [-0.2, 0) is 0 Å². The minimum atomic E-state index is -0.0428. The van der Waals surface area contributed by atoms with Crippen LogP contribution < -0.4 is 0 Å². The topological polar surface area (TPSA) is 0 Å². The maximum atomic E-state index is 7.25. The highest BCUT2D eigenvalue weighted by Gasteiger charge is 1.95. The van der Waals surface area contributed by atoms with Crippen LogP contribution in [0, 0.1) is 0 Å². The summed E-state index contributed by atoms with van der Waals surface area (Å²) in [4.78, 5) is 0. The molecule has 0 aliphatic carbocycles. The van der Waals surface area contributed by atoms with Gasteiger partial charge in [0.15, 0.2) is 0 Å². The summed E-state index contributed by atoms with van der Waals surface area (Å²) in [6, 6.07) is 0. The molecule has 0 aliphatic rings. The van der Waals surface area contributed by atoms with Crippen LogP contribution in [-0.4, -0.2) is 16.9 Å². The molecule has 0 bridgehead atoms. The lowest BCUT2D eigenvalue weighted by atomic mass is 11.8. The maximum absolute atomic E-state index is 7.25. The third-order valence-corrected chi connectivity index (χ3v) is 4.96. The molecule has 7 atom stereocenters. The molecule has 0 fully saturated rings. The molecule has 7 unspecified atom stereocenters. The van der Waals surface area contributed by atoms with Crippen LogP contribution in [0.15, 0.2) is 0 Å². The summed E-state index contributed by atoms with van der Waals surface area (Å²) >= 11 is 0. The lowest BCUT2D eigenvalue weighted by Crippen LogP contribution is -1.74. The van der Waals surface area contributed by atoms with Gasteiger partial charge in [-0.05, 0) is 11.8 Å². The van der Waals surface area contributed by atoms with Crippen molar-refractivity contribution in [2.24, 2.45) is 0 Å². The van der Waals surface area contributed by atoms with Crippen LogP contribution in [0.1, 0.15) is 2.74 Å². The van der Waals surface area contributed by atoms with Gasteiger partial charge < -0.3 is 0 Å². The molecule has 0 amide bonds. The Morgan fingerprint density at radius 1 is 1.38 bits per heavy atom. The average molecular weight is 208 g/mol. The average Bonchev–Trinajstić information content (AvgIpc) is 1.58. The van der Waals surface area contributed by atoms with Gasteiger partial charge in [0.05, 0.1) is 0 Å². The normalized spacial score (nSPS) is 28.4. The van der Waals surface area contributed by atoms with Crippen LogP contribution in [0.5, 0.6) is 0 Å². The fraction of sp³-hybridized carbons (Fsp3) is 1.00. The first-order valence-electron chi connectivity index (χ1n) is 3.31. The smallest absolute Gasteiger partial charge is 0.0358 e. The molecule has 0 N–H and O–H groups in total. The molecular formula is C3H13P5. The Balaban J connectivity index is 3.34. The van der Waals surface area contributed by atoms with Gasteiger partial charge >= 0.3 is 0 Å². The summed E-state index contributed by atoms with van der Waals surface area (Å²) in [6.45, 7) is 0. The molecule has 0 aromatic rings. The van der Waals surface area contributed by atoms with Crippen molar-refractivity contribution in [3.05, 3.63) is 0 Å². The Morgan fingerprint density at radius 3 is 2.00 bits per heavy atom. The molecule has 50 valence electrons.